The number of carbonyl (C=O) groups excluding carboxylic acids is 2. The molecule has 0 fully saturated rings. The summed E-state index contributed by atoms with van der Waals surface area (Å²) in [7, 11) is 1.49. The number of carbonyl (C=O) groups is 2. The SMILES string of the molecule is CCOC(=O)c1n[nH]nc1-c1ccc(OCC(=O)N(CC)CC)c(OC)c1. The number of nitrogens with one attached hydrogen (secondary N) is 1. The molecular formula is C18H24N4O5. The monoisotopic (exact) mass is 376 g/mol. The third kappa shape index (κ3) is 4.75. The number of esters is 1. The van der Waals surface area contributed by atoms with E-state index in [4.69, 9.17) is 14.2 Å². The summed E-state index contributed by atoms with van der Waals surface area (Å²) in [6, 6.07) is 5.03. The second-order valence-electron chi connectivity index (χ2n) is 5.46. The molecule has 0 unspecified atom stereocenters. The van der Waals surface area contributed by atoms with Gasteiger partial charge in [-0.15, -0.1) is 5.10 Å². The van der Waals surface area contributed by atoms with Crippen LogP contribution in [0.4, 0.5) is 0 Å². The van der Waals surface area contributed by atoms with Gasteiger partial charge in [0.15, 0.2) is 23.8 Å². The lowest BCUT2D eigenvalue weighted by atomic mass is 10.1. The smallest absolute Gasteiger partial charge is 0.361 e. The van der Waals surface area contributed by atoms with E-state index in [-0.39, 0.29) is 24.8 Å². The number of likely N-dealkylation sites (N-methyl/N-ethyl adjacent to an activating group) is 1. The van der Waals surface area contributed by atoms with Gasteiger partial charge in [0.1, 0.15) is 5.69 Å². The Morgan fingerprint density at radius 3 is 2.48 bits per heavy atom. The van der Waals surface area contributed by atoms with Gasteiger partial charge in [0, 0.05) is 18.7 Å². The molecule has 1 aromatic carbocycles. The number of hydrogen-bond acceptors (Lipinski definition) is 7. The van der Waals surface area contributed by atoms with Crippen molar-refractivity contribution in [1.29, 1.82) is 0 Å². The molecule has 2 rings (SSSR count). The van der Waals surface area contributed by atoms with E-state index in [2.05, 4.69) is 15.4 Å². The van der Waals surface area contributed by atoms with Crippen molar-refractivity contribution in [2.24, 2.45) is 0 Å². The molecule has 1 heterocycles. The number of amides is 1. The maximum atomic E-state index is 12.1. The van der Waals surface area contributed by atoms with Gasteiger partial charge in [-0.25, -0.2) is 4.79 Å². The van der Waals surface area contributed by atoms with E-state index >= 15 is 0 Å². The second kappa shape index (κ2) is 9.56. The van der Waals surface area contributed by atoms with Gasteiger partial charge in [0.05, 0.1) is 13.7 Å². The number of nitrogens with zero attached hydrogens (tertiary/aromatic N) is 3. The van der Waals surface area contributed by atoms with E-state index in [1.807, 2.05) is 13.8 Å². The molecule has 1 amide bonds. The molecule has 0 saturated heterocycles. The van der Waals surface area contributed by atoms with Crippen molar-refractivity contribution in [2.75, 3.05) is 33.4 Å². The topological polar surface area (TPSA) is 107 Å². The maximum Gasteiger partial charge on any atom is 0.361 e. The van der Waals surface area contributed by atoms with Crippen molar-refractivity contribution in [3.63, 3.8) is 0 Å². The molecule has 0 aliphatic heterocycles. The summed E-state index contributed by atoms with van der Waals surface area (Å²) in [6.45, 7) is 6.93. The van der Waals surface area contributed by atoms with Crippen molar-refractivity contribution < 1.29 is 23.8 Å². The van der Waals surface area contributed by atoms with Crippen LogP contribution in [0.25, 0.3) is 11.3 Å². The summed E-state index contributed by atoms with van der Waals surface area (Å²) in [5, 5.41) is 10.3. The van der Waals surface area contributed by atoms with Gasteiger partial charge in [0.25, 0.3) is 5.91 Å². The van der Waals surface area contributed by atoms with Crippen molar-refractivity contribution in [2.45, 2.75) is 20.8 Å². The number of ether oxygens (including phenoxy) is 3. The van der Waals surface area contributed by atoms with Crippen LogP contribution >= 0.6 is 0 Å². The van der Waals surface area contributed by atoms with Crippen LogP contribution in [0.3, 0.4) is 0 Å². The summed E-state index contributed by atoms with van der Waals surface area (Å²) in [4.78, 5) is 25.8. The predicted octanol–water partition coefficient (Wildman–Crippen LogP) is 1.90. The zero-order valence-electron chi connectivity index (χ0n) is 15.9. The molecular weight excluding hydrogens is 352 g/mol. The zero-order valence-corrected chi connectivity index (χ0v) is 15.9. The molecule has 9 heteroatoms. The Kier molecular flexibility index (Phi) is 7.16. The summed E-state index contributed by atoms with van der Waals surface area (Å²) in [6.07, 6.45) is 0. The molecule has 0 aliphatic carbocycles. The summed E-state index contributed by atoms with van der Waals surface area (Å²) >= 11 is 0. The van der Waals surface area contributed by atoms with Gasteiger partial charge in [-0.1, -0.05) is 0 Å². The molecule has 146 valence electrons. The third-order valence-electron chi connectivity index (χ3n) is 3.92. The van der Waals surface area contributed by atoms with E-state index < -0.39 is 5.97 Å². The Morgan fingerprint density at radius 2 is 1.85 bits per heavy atom. The number of aromatic nitrogens is 3. The van der Waals surface area contributed by atoms with Crippen LogP contribution in [0.2, 0.25) is 0 Å². The minimum Gasteiger partial charge on any atom is -0.493 e. The molecule has 0 aliphatic rings. The first kappa shape index (κ1) is 20.2. The van der Waals surface area contributed by atoms with Crippen LogP contribution < -0.4 is 9.47 Å². The van der Waals surface area contributed by atoms with Gasteiger partial charge in [-0.3, -0.25) is 4.79 Å². The fraction of sp³-hybridized carbons (Fsp3) is 0.444. The minimum atomic E-state index is -0.564. The standard InChI is InChI=1S/C18H24N4O5/c1-5-22(6-2)15(23)11-27-13-9-8-12(10-14(13)25-4)16-17(20-21-19-16)18(24)26-7-3/h8-10H,5-7,11H2,1-4H3,(H,19,20,21). The number of rotatable bonds is 9. The molecule has 0 saturated carbocycles. The Bertz CT molecular complexity index is 786. The number of H-pyrrole nitrogens is 1. The van der Waals surface area contributed by atoms with Crippen LogP contribution in [0.15, 0.2) is 18.2 Å². The molecule has 9 nitrogen and oxygen atoms in total. The van der Waals surface area contributed by atoms with E-state index in [0.717, 1.165) is 0 Å². The summed E-state index contributed by atoms with van der Waals surface area (Å²) in [5.74, 6) is 0.165. The normalized spacial score (nSPS) is 10.4. The first-order valence-electron chi connectivity index (χ1n) is 8.72. The summed E-state index contributed by atoms with van der Waals surface area (Å²) < 4.78 is 15.9. The van der Waals surface area contributed by atoms with Crippen LogP contribution in [-0.4, -0.2) is 65.6 Å². The highest BCUT2D eigenvalue weighted by atomic mass is 16.5. The van der Waals surface area contributed by atoms with Gasteiger partial charge in [-0.05, 0) is 39.0 Å². The van der Waals surface area contributed by atoms with Crippen LogP contribution in [0.1, 0.15) is 31.3 Å². The number of benzene rings is 1. The van der Waals surface area contributed by atoms with E-state index in [0.29, 0.717) is 35.8 Å². The van der Waals surface area contributed by atoms with Crippen LogP contribution in [-0.2, 0) is 9.53 Å². The predicted molar refractivity (Wildman–Crippen MR) is 97.8 cm³/mol. The molecule has 0 radical (unpaired) electrons. The van der Waals surface area contributed by atoms with Gasteiger partial charge < -0.3 is 19.1 Å². The van der Waals surface area contributed by atoms with Gasteiger partial charge in [-0.2, -0.15) is 10.3 Å². The van der Waals surface area contributed by atoms with Crippen molar-refractivity contribution >= 4 is 11.9 Å². The van der Waals surface area contributed by atoms with Crippen LogP contribution in [0.5, 0.6) is 11.5 Å². The lowest BCUT2D eigenvalue weighted by Crippen LogP contribution is -2.34. The van der Waals surface area contributed by atoms with Crippen molar-refractivity contribution in [1.82, 2.24) is 20.3 Å². The highest BCUT2D eigenvalue weighted by molar-refractivity contribution is 5.94. The van der Waals surface area contributed by atoms with E-state index in [1.165, 1.54) is 7.11 Å². The molecule has 1 N–H and O–H groups in total. The Hall–Kier alpha value is -3.10. The molecule has 0 spiro atoms. The lowest BCUT2D eigenvalue weighted by molar-refractivity contribution is -0.132. The van der Waals surface area contributed by atoms with Gasteiger partial charge >= 0.3 is 5.97 Å². The average Bonchev–Trinajstić information content (AvgIpc) is 3.17. The van der Waals surface area contributed by atoms with Crippen molar-refractivity contribution in [3.8, 4) is 22.8 Å². The molecule has 0 bridgehead atoms. The van der Waals surface area contributed by atoms with Crippen LogP contribution in [0, 0.1) is 0 Å². The van der Waals surface area contributed by atoms with E-state index in [9.17, 15) is 9.59 Å². The summed E-state index contributed by atoms with van der Waals surface area (Å²) in [5.41, 5.74) is 1.04. The molecule has 1 aromatic heterocycles. The first-order chi connectivity index (χ1) is 13.0. The fourth-order valence-corrected chi connectivity index (χ4v) is 2.52. The van der Waals surface area contributed by atoms with Crippen molar-refractivity contribution in [3.05, 3.63) is 23.9 Å². The third-order valence-corrected chi connectivity index (χ3v) is 3.92. The lowest BCUT2D eigenvalue weighted by Gasteiger charge is -2.19. The first-order valence-corrected chi connectivity index (χ1v) is 8.72. The minimum absolute atomic E-state index is 0.0873. The quantitative estimate of drug-likeness (QED) is 0.666. The molecule has 27 heavy (non-hydrogen) atoms. The molecule has 2 aromatic rings. The average molecular weight is 376 g/mol. The largest absolute Gasteiger partial charge is 0.493 e. The zero-order chi connectivity index (χ0) is 19.8. The number of methoxy groups -OCH3 is 1. The fourth-order valence-electron chi connectivity index (χ4n) is 2.52. The number of hydrogen-bond donors (Lipinski definition) is 1. The number of aromatic amines is 1. The Morgan fingerprint density at radius 1 is 1.11 bits per heavy atom. The molecule has 0 atom stereocenters. The Balaban J connectivity index is 2.21. The highest BCUT2D eigenvalue weighted by Gasteiger charge is 2.20. The van der Waals surface area contributed by atoms with E-state index in [1.54, 1.807) is 30.0 Å². The maximum absolute atomic E-state index is 12.1. The van der Waals surface area contributed by atoms with Gasteiger partial charge in [0.2, 0.25) is 0 Å². The highest BCUT2D eigenvalue weighted by Crippen LogP contribution is 2.32. The second-order valence-corrected chi connectivity index (χ2v) is 5.46. The Labute approximate surface area is 157 Å².